The van der Waals surface area contributed by atoms with Crippen molar-refractivity contribution in [2.45, 2.75) is 18.9 Å². The van der Waals surface area contributed by atoms with Gasteiger partial charge in [0.2, 0.25) is 5.91 Å². The van der Waals surface area contributed by atoms with Gasteiger partial charge in [-0.25, -0.2) is 4.39 Å². The zero-order valence-corrected chi connectivity index (χ0v) is 14.1. The second kappa shape index (κ2) is 8.62. The van der Waals surface area contributed by atoms with Gasteiger partial charge in [0.05, 0.1) is 19.8 Å². The van der Waals surface area contributed by atoms with Crippen molar-refractivity contribution in [3.05, 3.63) is 66.0 Å². The Bertz CT molecular complexity index is 692. The molecule has 2 aromatic rings. The number of benzene rings is 2. The third kappa shape index (κ3) is 4.79. The molecule has 0 radical (unpaired) electrons. The van der Waals surface area contributed by atoms with Crippen LogP contribution in [0, 0.1) is 5.82 Å². The van der Waals surface area contributed by atoms with Crippen LogP contribution in [0.2, 0.25) is 0 Å². The maximum absolute atomic E-state index is 13.9. The van der Waals surface area contributed by atoms with E-state index in [1.807, 2.05) is 30.3 Å². The fraction of sp³-hybridized carbons (Fsp3) is 0.350. The number of amides is 1. The van der Waals surface area contributed by atoms with Crippen molar-refractivity contribution in [3.63, 3.8) is 0 Å². The van der Waals surface area contributed by atoms with Gasteiger partial charge in [-0.1, -0.05) is 36.4 Å². The summed E-state index contributed by atoms with van der Waals surface area (Å²) in [6, 6.07) is 16.1. The molecule has 0 saturated carbocycles. The lowest BCUT2D eigenvalue weighted by atomic mass is 10.1. The Hall–Kier alpha value is -2.40. The lowest BCUT2D eigenvalue weighted by molar-refractivity contribution is -0.139. The average Bonchev–Trinajstić information content (AvgIpc) is 2.66. The molecular formula is C20H22FNO3. The van der Waals surface area contributed by atoms with E-state index in [2.05, 4.69) is 0 Å². The molecule has 3 rings (SSSR count). The third-order valence-electron chi connectivity index (χ3n) is 4.22. The number of hydrogen-bond acceptors (Lipinski definition) is 3. The molecule has 0 aliphatic carbocycles. The maximum Gasteiger partial charge on any atom is 0.222 e. The highest BCUT2D eigenvalue weighted by atomic mass is 19.1. The summed E-state index contributed by atoms with van der Waals surface area (Å²) >= 11 is 0. The molecule has 1 saturated heterocycles. The molecule has 1 fully saturated rings. The van der Waals surface area contributed by atoms with Gasteiger partial charge in [-0.3, -0.25) is 4.79 Å². The molecule has 1 atom stereocenters. The van der Waals surface area contributed by atoms with Gasteiger partial charge < -0.3 is 14.4 Å². The van der Waals surface area contributed by atoms with Gasteiger partial charge in [-0.05, 0) is 24.6 Å². The third-order valence-corrected chi connectivity index (χ3v) is 4.22. The smallest absolute Gasteiger partial charge is 0.222 e. The molecule has 0 N–H and O–H groups in total. The van der Waals surface area contributed by atoms with E-state index < -0.39 is 6.10 Å². The van der Waals surface area contributed by atoms with Crippen molar-refractivity contribution >= 4 is 5.91 Å². The number of carbonyl (C=O) groups is 1. The van der Waals surface area contributed by atoms with Crippen LogP contribution in [0.5, 0.6) is 5.75 Å². The van der Waals surface area contributed by atoms with E-state index in [0.29, 0.717) is 44.7 Å². The number of hydrogen-bond donors (Lipinski definition) is 0. The quantitative estimate of drug-likeness (QED) is 0.753. The van der Waals surface area contributed by atoms with Gasteiger partial charge in [-0.2, -0.15) is 0 Å². The lowest BCUT2D eigenvalue weighted by Gasteiger charge is -2.33. The number of carbonyl (C=O) groups excluding carboxylic acids is 1. The molecule has 1 unspecified atom stereocenters. The van der Waals surface area contributed by atoms with Gasteiger partial charge in [0.1, 0.15) is 17.7 Å². The van der Waals surface area contributed by atoms with Crippen molar-refractivity contribution in [3.8, 4) is 5.75 Å². The fourth-order valence-corrected chi connectivity index (χ4v) is 2.89. The summed E-state index contributed by atoms with van der Waals surface area (Å²) in [4.78, 5) is 14.1. The molecule has 1 aliphatic heterocycles. The SMILES string of the molecule is O=C(CCCOc1ccccc1)N1CCOC(c2ccccc2F)C1. The molecule has 1 heterocycles. The molecule has 0 aromatic heterocycles. The second-order valence-electron chi connectivity index (χ2n) is 5.99. The van der Waals surface area contributed by atoms with Crippen LogP contribution in [0.4, 0.5) is 4.39 Å². The number of morpholine rings is 1. The Kier molecular flexibility index (Phi) is 6.01. The summed E-state index contributed by atoms with van der Waals surface area (Å²) in [5.41, 5.74) is 0.507. The van der Waals surface area contributed by atoms with Crippen molar-refractivity contribution < 1.29 is 18.7 Å². The van der Waals surface area contributed by atoms with E-state index in [0.717, 1.165) is 5.75 Å². The Morgan fingerprint density at radius 2 is 1.92 bits per heavy atom. The first kappa shape index (κ1) is 17.4. The van der Waals surface area contributed by atoms with Crippen LogP contribution in [0.15, 0.2) is 54.6 Å². The summed E-state index contributed by atoms with van der Waals surface area (Å²) in [7, 11) is 0. The van der Waals surface area contributed by atoms with Gasteiger partial charge in [0.15, 0.2) is 0 Å². The van der Waals surface area contributed by atoms with E-state index in [1.165, 1.54) is 6.07 Å². The molecule has 0 spiro atoms. The minimum Gasteiger partial charge on any atom is -0.494 e. The van der Waals surface area contributed by atoms with Gasteiger partial charge in [0, 0.05) is 18.5 Å². The van der Waals surface area contributed by atoms with Crippen LogP contribution in [0.3, 0.4) is 0 Å². The summed E-state index contributed by atoms with van der Waals surface area (Å²) in [5.74, 6) is 0.570. The van der Waals surface area contributed by atoms with E-state index in [9.17, 15) is 9.18 Å². The van der Waals surface area contributed by atoms with Crippen LogP contribution in [0.1, 0.15) is 24.5 Å². The Balaban J connectivity index is 1.46. The molecule has 4 nitrogen and oxygen atoms in total. The molecule has 1 aliphatic rings. The number of ether oxygens (including phenoxy) is 2. The van der Waals surface area contributed by atoms with Gasteiger partial charge >= 0.3 is 0 Å². The highest BCUT2D eigenvalue weighted by molar-refractivity contribution is 5.76. The molecular weight excluding hydrogens is 321 g/mol. The number of halogens is 1. The number of rotatable bonds is 6. The Labute approximate surface area is 147 Å². The summed E-state index contributed by atoms with van der Waals surface area (Å²) in [5, 5.41) is 0. The Morgan fingerprint density at radius 3 is 2.72 bits per heavy atom. The van der Waals surface area contributed by atoms with E-state index in [-0.39, 0.29) is 11.7 Å². The summed E-state index contributed by atoms with van der Waals surface area (Å²) in [6.45, 7) is 1.85. The molecule has 0 bridgehead atoms. The van der Waals surface area contributed by atoms with E-state index >= 15 is 0 Å². The number of nitrogens with zero attached hydrogens (tertiary/aromatic N) is 1. The fourth-order valence-electron chi connectivity index (χ4n) is 2.89. The average molecular weight is 343 g/mol. The second-order valence-corrected chi connectivity index (χ2v) is 5.99. The molecule has 132 valence electrons. The zero-order chi connectivity index (χ0) is 17.5. The first-order valence-electron chi connectivity index (χ1n) is 8.55. The predicted molar refractivity (Wildman–Crippen MR) is 92.8 cm³/mol. The van der Waals surface area contributed by atoms with Crippen molar-refractivity contribution in [1.82, 2.24) is 4.90 Å². The van der Waals surface area contributed by atoms with Crippen molar-refractivity contribution in [1.29, 1.82) is 0 Å². The van der Waals surface area contributed by atoms with Crippen LogP contribution in [-0.4, -0.2) is 37.1 Å². The van der Waals surface area contributed by atoms with Crippen LogP contribution in [0.25, 0.3) is 0 Å². The molecule has 5 heteroatoms. The highest BCUT2D eigenvalue weighted by Gasteiger charge is 2.26. The van der Waals surface area contributed by atoms with Crippen LogP contribution in [-0.2, 0) is 9.53 Å². The van der Waals surface area contributed by atoms with E-state index in [1.54, 1.807) is 23.1 Å². The topological polar surface area (TPSA) is 38.8 Å². The first-order valence-corrected chi connectivity index (χ1v) is 8.55. The molecule has 2 aromatic carbocycles. The minimum atomic E-state index is -0.403. The molecule has 1 amide bonds. The largest absolute Gasteiger partial charge is 0.494 e. The Morgan fingerprint density at radius 1 is 1.16 bits per heavy atom. The highest BCUT2D eigenvalue weighted by Crippen LogP contribution is 2.25. The van der Waals surface area contributed by atoms with Gasteiger partial charge in [-0.15, -0.1) is 0 Å². The van der Waals surface area contributed by atoms with E-state index in [4.69, 9.17) is 9.47 Å². The van der Waals surface area contributed by atoms with Gasteiger partial charge in [0.25, 0.3) is 0 Å². The monoisotopic (exact) mass is 343 g/mol. The first-order chi connectivity index (χ1) is 12.2. The summed E-state index contributed by atoms with van der Waals surface area (Å²) < 4.78 is 25.2. The van der Waals surface area contributed by atoms with Crippen molar-refractivity contribution in [2.24, 2.45) is 0 Å². The van der Waals surface area contributed by atoms with Crippen molar-refractivity contribution in [2.75, 3.05) is 26.3 Å². The lowest BCUT2D eigenvalue weighted by Crippen LogP contribution is -2.42. The zero-order valence-electron chi connectivity index (χ0n) is 14.1. The standard InChI is InChI=1S/C20H22FNO3/c21-18-10-5-4-9-17(18)19-15-22(12-14-25-19)20(23)11-6-13-24-16-7-2-1-3-8-16/h1-5,7-10,19H,6,11-15H2. The predicted octanol–water partition coefficient (Wildman–Crippen LogP) is 3.58. The maximum atomic E-state index is 13.9. The minimum absolute atomic E-state index is 0.0568. The normalized spacial score (nSPS) is 17.3. The summed E-state index contributed by atoms with van der Waals surface area (Å²) in [6.07, 6.45) is 0.659. The van der Waals surface area contributed by atoms with Crippen LogP contribution >= 0.6 is 0 Å². The molecule has 25 heavy (non-hydrogen) atoms. The van der Waals surface area contributed by atoms with Crippen LogP contribution < -0.4 is 4.74 Å². The number of para-hydroxylation sites is 1.